The molecule has 1 unspecified atom stereocenters. The third kappa shape index (κ3) is 8.05. The van der Waals surface area contributed by atoms with Gasteiger partial charge in [0.25, 0.3) is 5.69 Å². The fourth-order valence-electron chi connectivity index (χ4n) is 3.03. The van der Waals surface area contributed by atoms with E-state index in [1.807, 2.05) is 44.2 Å². The van der Waals surface area contributed by atoms with Gasteiger partial charge in [-0.05, 0) is 38.3 Å². The van der Waals surface area contributed by atoms with Crippen LogP contribution in [0.15, 0.2) is 54.6 Å². The van der Waals surface area contributed by atoms with Gasteiger partial charge >= 0.3 is 0 Å². The van der Waals surface area contributed by atoms with Gasteiger partial charge in [0.05, 0.1) is 10.7 Å². The average molecular weight is 444 g/mol. The van der Waals surface area contributed by atoms with Crippen LogP contribution in [0.25, 0.3) is 0 Å². The molecule has 0 saturated carbocycles. The van der Waals surface area contributed by atoms with Crippen LogP contribution in [0, 0.1) is 10.1 Å². The standard InChI is InChI=1S/C23H29N3O4S/c1-17(2)24-23(28)18(3)25(14-13-19-7-5-4-6-8-19)22(27)16-31-15-20-9-11-21(12-10-20)26(29)30/h4-12,17-18H,13-16H2,1-3H3,(H,24,28). The van der Waals surface area contributed by atoms with Crippen molar-refractivity contribution in [3.05, 3.63) is 75.8 Å². The van der Waals surface area contributed by atoms with Crippen molar-refractivity contribution >= 4 is 29.3 Å². The number of hydrogen-bond donors (Lipinski definition) is 1. The lowest BCUT2D eigenvalue weighted by molar-refractivity contribution is -0.384. The summed E-state index contributed by atoms with van der Waals surface area (Å²) >= 11 is 1.43. The molecule has 0 saturated heterocycles. The van der Waals surface area contributed by atoms with Crippen molar-refractivity contribution < 1.29 is 14.5 Å². The van der Waals surface area contributed by atoms with E-state index in [1.165, 1.54) is 23.9 Å². The fraction of sp³-hybridized carbons (Fsp3) is 0.391. The largest absolute Gasteiger partial charge is 0.352 e. The van der Waals surface area contributed by atoms with E-state index in [0.717, 1.165) is 11.1 Å². The molecule has 0 spiro atoms. The van der Waals surface area contributed by atoms with Crippen molar-refractivity contribution in [2.75, 3.05) is 12.3 Å². The number of rotatable bonds is 11. The topological polar surface area (TPSA) is 92.6 Å². The maximum absolute atomic E-state index is 13.0. The van der Waals surface area contributed by atoms with Crippen molar-refractivity contribution in [2.45, 2.75) is 45.0 Å². The van der Waals surface area contributed by atoms with E-state index in [0.29, 0.717) is 18.7 Å². The zero-order chi connectivity index (χ0) is 22.8. The second-order valence-corrected chi connectivity index (χ2v) is 8.56. The lowest BCUT2D eigenvalue weighted by Crippen LogP contribution is -2.50. The number of nitrogens with zero attached hydrogens (tertiary/aromatic N) is 2. The van der Waals surface area contributed by atoms with E-state index in [-0.39, 0.29) is 29.3 Å². The zero-order valence-corrected chi connectivity index (χ0v) is 18.9. The first kappa shape index (κ1) is 24.4. The Labute approximate surface area is 187 Å². The summed E-state index contributed by atoms with van der Waals surface area (Å²) in [5.41, 5.74) is 2.06. The number of carbonyl (C=O) groups is 2. The molecule has 8 heteroatoms. The van der Waals surface area contributed by atoms with Crippen LogP contribution in [0.5, 0.6) is 0 Å². The molecule has 0 heterocycles. The normalized spacial score (nSPS) is 11.7. The molecular formula is C23H29N3O4S. The van der Waals surface area contributed by atoms with Gasteiger partial charge < -0.3 is 10.2 Å². The van der Waals surface area contributed by atoms with Crippen molar-refractivity contribution in [1.29, 1.82) is 0 Å². The predicted octanol–water partition coefficient (Wildman–Crippen LogP) is 3.81. The second-order valence-electron chi connectivity index (χ2n) is 7.58. The number of nitrogens with one attached hydrogen (secondary N) is 1. The highest BCUT2D eigenvalue weighted by Crippen LogP contribution is 2.18. The molecule has 0 aliphatic rings. The molecule has 0 radical (unpaired) electrons. The number of hydrogen-bond acceptors (Lipinski definition) is 5. The summed E-state index contributed by atoms with van der Waals surface area (Å²) in [5, 5.41) is 13.6. The van der Waals surface area contributed by atoms with Gasteiger partial charge in [-0.25, -0.2) is 0 Å². The van der Waals surface area contributed by atoms with E-state index in [2.05, 4.69) is 5.32 Å². The minimum Gasteiger partial charge on any atom is -0.352 e. The summed E-state index contributed by atoms with van der Waals surface area (Å²) in [6.45, 7) is 5.98. The zero-order valence-electron chi connectivity index (χ0n) is 18.1. The highest BCUT2D eigenvalue weighted by atomic mass is 32.2. The molecule has 0 aromatic heterocycles. The maximum atomic E-state index is 13.0. The first-order chi connectivity index (χ1) is 14.8. The van der Waals surface area contributed by atoms with E-state index in [4.69, 9.17) is 0 Å². The molecule has 2 rings (SSSR count). The Morgan fingerprint density at radius 1 is 1.03 bits per heavy atom. The highest BCUT2D eigenvalue weighted by Gasteiger charge is 2.25. The number of non-ortho nitro benzene ring substituents is 1. The number of thioether (sulfide) groups is 1. The van der Waals surface area contributed by atoms with Gasteiger partial charge in [-0.1, -0.05) is 42.5 Å². The minimum atomic E-state index is -0.571. The maximum Gasteiger partial charge on any atom is 0.269 e. The molecule has 1 atom stereocenters. The number of nitro groups is 1. The quantitative estimate of drug-likeness (QED) is 0.421. The van der Waals surface area contributed by atoms with Gasteiger partial charge in [0.1, 0.15) is 6.04 Å². The summed E-state index contributed by atoms with van der Waals surface area (Å²) < 4.78 is 0. The number of carbonyl (C=O) groups excluding carboxylic acids is 2. The molecule has 7 nitrogen and oxygen atoms in total. The lowest BCUT2D eigenvalue weighted by Gasteiger charge is -2.29. The molecule has 1 N–H and O–H groups in total. The summed E-state index contributed by atoms with van der Waals surface area (Å²) in [4.78, 5) is 37.4. The Kier molecular flexibility index (Phi) is 9.52. The summed E-state index contributed by atoms with van der Waals surface area (Å²) in [5.74, 6) is 0.513. The smallest absolute Gasteiger partial charge is 0.269 e. The lowest BCUT2D eigenvalue weighted by atomic mass is 10.1. The van der Waals surface area contributed by atoms with Crippen LogP contribution < -0.4 is 5.32 Å². The van der Waals surface area contributed by atoms with Crippen molar-refractivity contribution in [2.24, 2.45) is 0 Å². The van der Waals surface area contributed by atoms with Gasteiger partial charge in [0, 0.05) is 30.5 Å². The van der Waals surface area contributed by atoms with Gasteiger partial charge in [0.2, 0.25) is 11.8 Å². The van der Waals surface area contributed by atoms with Crippen LogP contribution in [0.2, 0.25) is 0 Å². The molecule has 2 aromatic carbocycles. The minimum absolute atomic E-state index is 0.00228. The molecule has 0 fully saturated rings. The predicted molar refractivity (Wildman–Crippen MR) is 124 cm³/mol. The van der Waals surface area contributed by atoms with Gasteiger partial charge in [-0.2, -0.15) is 0 Å². The van der Waals surface area contributed by atoms with E-state index < -0.39 is 11.0 Å². The summed E-state index contributed by atoms with van der Waals surface area (Å²) in [6.07, 6.45) is 0.666. The van der Waals surface area contributed by atoms with Crippen molar-refractivity contribution in [3.63, 3.8) is 0 Å². The Hall–Kier alpha value is -2.87. The number of nitro benzene ring substituents is 1. The second kappa shape index (κ2) is 12.1. The molecular weight excluding hydrogens is 414 g/mol. The van der Waals surface area contributed by atoms with Crippen molar-refractivity contribution in [1.82, 2.24) is 10.2 Å². The first-order valence-corrected chi connectivity index (χ1v) is 11.4. The monoisotopic (exact) mass is 443 g/mol. The molecule has 31 heavy (non-hydrogen) atoms. The SMILES string of the molecule is CC(C)NC(=O)C(C)N(CCc1ccccc1)C(=O)CSCc1ccc([N+](=O)[O-])cc1. The highest BCUT2D eigenvalue weighted by molar-refractivity contribution is 7.99. The average Bonchev–Trinajstić information content (AvgIpc) is 2.74. The van der Waals surface area contributed by atoms with E-state index in [1.54, 1.807) is 24.0 Å². The van der Waals surface area contributed by atoms with E-state index in [9.17, 15) is 19.7 Å². The third-order valence-electron chi connectivity index (χ3n) is 4.72. The Morgan fingerprint density at radius 3 is 2.26 bits per heavy atom. The van der Waals surface area contributed by atoms with Crippen LogP contribution >= 0.6 is 11.8 Å². The Morgan fingerprint density at radius 2 is 1.68 bits per heavy atom. The number of benzene rings is 2. The van der Waals surface area contributed by atoms with Gasteiger partial charge in [0.15, 0.2) is 0 Å². The van der Waals surface area contributed by atoms with Crippen molar-refractivity contribution in [3.8, 4) is 0 Å². The van der Waals surface area contributed by atoms with Crippen LogP contribution in [0.3, 0.4) is 0 Å². The van der Waals surface area contributed by atoms with Gasteiger partial charge in [-0.3, -0.25) is 19.7 Å². The molecule has 0 aliphatic heterocycles. The molecule has 166 valence electrons. The first-order valence-electron chi connectivity index (χ1n) is 10.2. The summed E-state index contributed by atoms with van der Waals surface area (Å²) in [7, 11) is 0. The molecule has 2 amide bonds. The van der Waals surface area contributed by atoms with Crippen LogP contribution in [-0.2, 0) is 21.8 Å². The summed E-state index contributed by atoms with van der Waals surface area (Å²) in [6, 6.07) is 15.6. The third-order valence-corrected chi connectivity index (χ3v) is 5.71. The van der Waals surface area contributed by atoms with E-state index >= 15 is 0 Å². The Bertz CT molecular complexity index is 872. The van der Waals surface area contributed by atoms with Crippen LogP contribution in [-0.4, -0.2) is 46.0 Å². The van der Waals surface area contributed by atoms with Crippen LogP contribution in [0.4, 0.5) is 5.69 Å². The molecule has 0 bridgehead atoms. The fourth-order valence-corrected chi connectivity index (χ4v) is 3.90. The van der Waals surface area contributed by atoms with Crippen LogP contribution in [0.1, 0.15) is 31.9 Å². The Balaban J connectivity index is 1.98. The van der Waals surface area contributed by atoms with Gasteiger partial charge in [-0.15, -0.1) is 11.8 Å². The molecule has 0 aliphatic carbocycles. The number of amides is 2. The molecule has 2 aromatic rings.